The first kappa shape index (κ1) is 24.8. The quantitative estimate of drug-likeness (QED) is 0.298. The van der Waals surface area contributed by atoms with Gasteiger partial charge < -0.3 is 19.7 Å². The molecule has 6 heterocycles. The smallest absolute Gasteiger partial charge is 0.212 e. The molecular weight excluding hydrogens is 504 g/mol. The van der Waals surface area contributed by atoms with Crippen molar-refractivity contribution in [3.63, 3.8) is 0 Å². The lowest BCUT2D eigenvalue weighted by Crippen LogP contribution is -2.41. The number of methoxy groups -OCH3 is 1. The van der Waals surface area contributed by atoms with Crippen LogP contribution >= 0.6 is 0 Å². The maximum Gasteiger partial charge on any atom is 0.212 e. The number of aromatic amines is 1. The lowest BCUT2D eigenvalue weighted by Gasteiger charge is -2.29. The average Bonchev–Trinajstić information content (AvgIpc) is 3.72. The Morgan fingerprint density at radius 1 is 1.07 bits per heavy atom. The zero-order valence-electron chi connectivity index (χ0n) is 23.1. The Morgan fingerprint density at radius 3 is 2.62 bits per heavy atom. The van der Waals surface area contributed by atoms with E-state index in [-0.39, 0.29) is 5.54 Å². The second-order valence-electron chi connectivity index (χ2n) is 11.3. The molecule has 2 fully saturated rings. The molecule has 0 amide bonds. The number of hydrogen-bond acceptors (Lipinski definition) is 8. The number of pyridine rings is 3. The van der Waals surface area contributed by atoms with E-state index in [2.05, 4.69) is 61.7 Å². The van der Waals surface area contributed by atoms with Gasteiger partial charge in [-0.05, 0) is 62.3 Å². The van der Waals surface area contributed by atoms with Gasteiger partial charge in [0.25, 0.3) is 0 Å². The van der Waals surface area contributed by atoms with E-state index in [9.17, 15) is 0 Å². The molecule has 40 heavy (non-hydrogen) atoms. The molecule has 206 valence electrons. The molecule has 0 radical (unpaired) electrons. The summed E-state index contributed by atoms with van der Waals surface area (Å²) in [6.07, 6.45) is 9.94. The number of rotatable bonds is 8. The highest BCUT2D eigenvalue weighted by molar-refractivity contribution is 6.00. The minimum atomic E-state index is 0.138. The monoisotopic (exact) mass is 538 g/mol. The fourth-order valence-electron chi connectivity index (χ4n) is 6.66. The van der Waals surface area contributed by atoms with Gasteiger partial charge in [-0.25, -0.2) is 14.5 Å². The maximum atomic E-state index is 5.84. The van der Waals surface area contributed by atoms with Gasteiger partial charge in [0.2, 0.25) is 5.88 Å². The fourth-order valence-corrected chi connectivity index (χ4v) is 6.66. The fraction of sp³-hybridized carbons (Fsp3) is 0.400. The molecule has 10 nitrogen and oxygen atoms in total. The SMILES string of the molecule is CCOc1cc(-c2ccc(N3CC4CC(C)(NCc5ccc(OC)nc5)C[C@H]4C3)nc2)c2c3cn[nH]c3nn2c1. The van der Waals surface area contributed by atoms with Crippen molar-refractivity contribution in [2.24, 2.45) is 11.8 Å². The minimum absolute atomic E-state index is 0.138. The number of nitrogens with one attached hydrogen (secondary N) is 2. The third kappa shape index (κ3) is 4.42. The molecular formula is C30H34N8O2. The van der Waals surface area contributed by atoms with E-state index in [0.717, 1.165) is 58.9 Å². The van der Waals surface area contributed by atoms with Crippen LogP contribution in [-0.2, 0) is 6.54 Å². The van der Waals surface area contributed by atoms with Gasteiger partial charge >= 0.3 is 0 Å². The molecule has 1 aliphatic carbocycles. The van der Waals surface area contributed by atoms with Crippen LogP contribution in [0.1, 0.15) is 32.3 Å². The molecule has 1 saturated carbocycles. The normalized spacial score (nSPS) is 22.3. The first-order valence-corrected chi connectivity index (χ1v) is 14.0. The van der Waals surface area contributed by atoms with Crippen LogP contribution in [0.3, 0.4) is 0 Å². The van der Waals surface area contributed by atoms with Gasteiger partial charge in [0, 0.05) is 54.8 Å². The third-order valence-corrected chi connectivity index (χ3v) is 8.52. The van der Waals surface area contributed by atoms with Crippen molar-refractivity contribution in [3.8, 4) is 22.8 Å². The molecule has 1 saturated heterocycles. The van der Waals surface area contributed by atoms with Crippen molar-refractivity contribution in [1.82, 2.24) is 35.1 Å². The molecule has 0 spiro atoms. The highest BCUT2D eigenvalue weighted by atomic mass is 16.5. The van der Waals surface area contributed by atoms with Crippen LogP contribution in [0.5, 0.6) is 11.6 Å². The molecule has 2 N–H and O–H groups in total. The van der Waals surface area contributed by atoms with Crippen LogP contribution in [0, 0.1) is 11.8 Å². The molecule has 5 aromatic heterocycles. The Labute approximate surface area is 232 Å². The first-order chi connectivity index (χ1) is 19.5. The van der Waals surface area contributed by atoms with Crippen molar-refractivity contribution < 1.29 is 9.47 Å². The summed E-state index contributed by atoms with van der Waals surface area (Å²) in [5.74, 6) is 3.79. The number of hydrogen-bond donors (Lipinski definition) is 2. The molecule has 2 unspecified atom stereocenters. The van der Waals surface area contributed by atoms with Gasteiger partial charge in [-0.15, -0.1) is 5.10 Å². The number of ether oxygens (including phenoxy) is 2. The van der Waals surface area contributed by atoms with Gasteiger partial charge in [-0.2, -0.15) is 5.10 Å². The zero-order chi connectivity index (χ0) is 27.3. The van der Waals surface area contributed by atoms with Gasteiger partial charge in [-0.3, -0.25) is 5.10 Å². The number of fused-ring (bicyclic) bond motifs is 4. The Bertz CT molecular complexity index is 1630. The molecule has 0 bridgehead atoms. The third-order valence-electron chi connectivity index (χ3n) is 8.52. The molecule has 1 aliphatic heterocycles. The van der Waals surface area contributed by atoms with Gasteiger partial charge in [-0.1, -0.05) is 6.07 Å². The summed E-state index contributed by atoms with van der Waals surface area (Å²) < 4.78 is 12.9. The van der Waals surface area contributed by atoms with Crippen LogP contribution in [0.2, 0.25) is 0 Å². The summed E-state index contributed by atoms with van der Waals surface area (Å²) in [4.78, 5) is 11.7. The summed E-state index contributed by atoms with van der Waals surface area (Å²) in [5, 5.41) is 16.6. The molecule has 3 atom stereocenters. The van der Waals surface area contributed by atoms with Crippen molar-refractivity contribution in [2.45, 2.75) is 38.8 Å². The Kier molecular flexibility index (Phi) is 6.07. The van der Waals surface area contributed by atoms with E-state index in [1.165, 1.54) is 18.4 Å². The molecule has 0 aromatic carbocycles. The van der Waals surface area contributed by atoms with Gasteiger partial charge in [0.05, 0.1) is 37.0 Å². The predicted molar refractivity (Wildman–Crippen MR) is 154 cm³/mol. The first-order valence-electron chi connectivity index (χ1n) is 14.0. The lowest BCUT2D eigenvalue weighted by atomic mass is 9.97. The average molecular weight is 539 g/mol. The predicted octanol–water partition coefficient (Wildman–Crippen LogP) is 4.47. The maximum absolute atomic E-state index is 5.84. The van der Waals surface area contributed by atoms with Gasteiger partial charge in [0.1, 0.15) is 11.6 Å². The van der Waals surface area contributed by atoms with E-state index in [1.807, 2.05) is 42.3 Å². The number of aromatic nitrogens is 6. The van der Waals surface area contributed by atoms with Crippen LogP contribution in [-0.4, -0.2) is 62.1 Å². The van der Waals surface area contributed by atoms with Crippen molar-refractivity contribution in [2.75, 3.05) is 31.7 Å². The van der Waals surface area contributed by atoms with Crippen LogP contribution in [0.25, 0.3) is 27.7 Å². The van der Waals surface area contributed by atoms with E-state index in [4.69, 9.17) is 14.5 Å². The Hall–Kier alpha value is -4.18. The van der Waals surface area contributed by atoms with E-state index >= 15 is 0 Å². The zero-order valence-corrected chi connectivity index (χ0v) is 23.1. The van der Waals surface area contributed by atoms with E-state index in [1.54, 1.807) is 7.11 Å². The standard InChI is InChI=1S/C30H34N8O2/c1-4-40-23-9-24(28-25-15-34-35-29(25)36-38(28)18-23)20-6-7-26(31-14-20)37-16-21-10-30(2,11-22(21)17-37)33-13-19-5-8-27(39-3)32-12-19/h5-9,12,14-15,18,21-22,33H,4,10-11,13,16-17H2,1-3H3,(H,35,36)/t21-,22?,30?/m0/s1. The number of H-pyrrole nitrogens is 1. The van der Waals surface area contributed by atoms with Gasteiger partial charge in [0.15, 0.2) is 5.65 Å². The molecule has 5 aromatic rings. The Balaban J connectivity index is 1.05. The highest BCUT2D eigenvalue weighted by Gasteiger charge is 2.46. The summed E-state index contributed by atoms with van der Waals surface area (Å²) in [5.41, 5.74) is 5.13. The summed E-state index contributed by atoms with van der Waals surface area (Å²) in [6.45, 7) is 7.85. The van der Waals surface area contributed by atoms with Crippen LogP contribution < -0.4 is 19.7 Å². The lowest BCUT2D eigenvalue weighted by molar-refractivity contribution is 0.338. The molecule has 7 rings (SSSR count). The Morgan fingerprint density at radius 2 is 1.93 bits per heavy atom. The van der Waals surface area contributed by atoms with Crippen LogP contribution in [0.4, 0.5) is 5.82 Å². The summed E-state index contributed by atoms with van der Waals surface area (Å²) >= 11 is 0. The van der Waals surface area contributed by atoms with Crippen molar-refractivity contribution >= 4 is 22.4 Å². The van der Waals surface area contributed by atoms with Crippen molar-refractivity contribution in [1.29, 1.82) is 0 Å². The summed E-state index contributed by atoms with van der Waals surface area (Å²) in [6, 6.07) is 10.4. The minimum Gasteiger partial charge on any atom is -0.492 e. The second kappa shape index (κ2) is 9.78. The van der Waals surface area contributed by atoms with Crippen molar-refractivity contribution in [3.05, 3.63) is 60.7 Å². The van der Waals surface area contributed by atoms with E-state index < -0.39 is 0 Å². The molecule has 2 aliphatic rings. The largest absolute Gasteiger partial charge is 0.492 e. The number of nitrogens with zero attached hydrogens (tertiary/aromatic N) is 6. The number of anilines is 1. The summed E-state index contributed by atoms with van der Waals surface area (Å²) in [7, 11) is 1.64. The molecule has 10 heteroatoms. The highest BCUT2D eigenvalue weighted by Crippen LogP contribution is 2.45. The van der Waals surface area contributed by atoms with Crippen LogP contribution in [0.15, 0.2) is 55.1 Å². The second-order valence-corrected chi connectivity index (χ2v) is 11.3. The topological polar surface area (TPSA) is 105 Å². The van der Waals surface area contributed by atoms with E-state index in [0.29, 0.717) is 24.3 Å².